The molecule has 1 aliphatic rings. The number of rotatable bonds is 5. The summed E-state index contributed by atoms with van der Waals surface area (Å²) in [6, 6.07) is 12.7. The van der Waals surface area contributed by atoms with Crippen molar-refractivity contribution in [2.45, 2.75) is 6.42 Å². The van der Waals surface area contributed by atoms with Crippen LogP contribution in [0.15, 0.2) is 48.5 Å². The molecular weight excluding hydrogens is 332 g/mol. The van der Waals surface area contributed by atoms with Crippen LogP contribution in [0.1, 0.15) is 11.1 Å². The number of carbonyl (C=O) groups is 2. The van der Waals surface area contributed by atoms with Crippen molar-refractivity contribution in [2.75, 3.05) is 26.2 Å². The third-order valence-corrected chi connectivity index (χ3v) is 3.90. The first kappa shape index (κ1) is 17.5. The lowest BCUT2D eigenvalue weighted by molar-refractivity contribution is -0.128. The molecule has 0 bridgehead atoms. The highest BCUT2D eigenvalue weighted by Crippen LogP contribution is 2.32. The Balaban J connectivity index is 1.57. The van der Waals surface area contributed by atoms with E-state index in [2.05, 4.69) is 5.32 Å². The summed E-state index contributed by atoms with van der Waals surface area (Å²) < 4.78 is 10.6. The topological polar surface area (TPSA) is 67.9 Å². The molecule has 134 valence electrons. The number of likely N-dealkylation sites (N-methyl/N-ethyl adjacent to an activating group) is 1. The third kappa shape index (κ3) is 4.42. The highest BCUT2D eigenvalue weighted by atomic mass is 16.7. The van der Waals surface area contributed by atoms with Gasteiger partial charge in [-0.2, -0.15) is 0 Å². The predicted octanol–water partition coefficient (Wildman–Crippen LogP) is 2.70. The number of hydrogen-bond donors (Lipinski definition) is 1. The van der Waals surface area contributed by atoms with Crippen LogP contribution in [-0.4, -0.2) is 37.6 Å². The molecule has 0 spiro atoms. The van der Waals surface area contributed by atoms with Crippen molar-refractivity contribution < 1.29 is 19.1 Å². The molecule has 1 N–H and O–H groups in total. The molecule has 6 nitrogen and oxygen atoms in total. The number of nitrogens with zero attached hydrogens (tertiary/aromatic N) is 1. The van der Waals surface area contributed by atoms with Crippen molar-refractivity contribution >= 4 is 23.6 Å². The van der Waals surface area contributed by atoms with Crippen LogP contribution in [0.5, 0.6) is 11.5 Å². The van der Waals surface area contributed by atoms with Crippen LogP contribution < -0.4 is 14.8 Å². The van der Waals surface area contributed by atoms with Crippen LogP contribution in [0.2, 0.25) is 0 Å². The lowest BCUT2D eigenvalue weighted by Gasteiger charge is -2.10. The normalized spacial score (nSPS) is 12.2. The number of benzene rings is 2. The van der Waals surface area contributed by atoms with E-state index in [1.165, 1.54) is 6.08 Å². The monoisotopic (exact) mass is 352 g/mol. The summed E-state index contributed by atoms with van der Waals surface area (Å²) in [5.41, 5.74) is 2.42. The summed E-state index contributed by atoms with van der Waals surface area (Å²) in [6.07, 6.45) is 3.51. The van der Waals surface area contributed by atoms with Crippen molar-refractivity contribution in [2.24, 2.45) is 0 Å². The maximum atomic E-state index is 12.1. The van der Waals surface area contributed by atoms with Crippen LogP contribution in [0, 0.1) is 0 Å². The Morgan fingerprint density at radius 1 is 1.08 bits per heavy atom. The Kier molecular flexibility index (Phi) is 5.22. The van der Waals surface area contributed by atoms with E-state index in [9.17, 15) is 9.59 Å². The van der Waals surface area contributed by atoms with Crippen molar-refractivity contribution in [3.8, 4) is 11.5 Å². The highest BCUT2D eigenvalue weighted by molar-refractivity contribution is 6.02. The summed E-state index contributed by atoms with van der Waals surface area (Å²) in [7, 11) is 3.45. The maximum Gasteiger partial charge on any atom is 0.248 e. The predicted molar refractivity (Wildman–Crippen MR) is 99.1 cm³/mol. The van der Waals surface area contributed by atoms with Crippen molar-refractivity contribution in [1.29, 1.82) is 0 Å². The Morgan fingerprint density at radius 3 is 2.54 bits per heavy atom. The summed E-state index contributed by atoms with van der Waals surface area (Å²) in [4.78, 5) is 25.3. The molecule has 26 heavy (non-hydrogen) atoms. The molecule has 0 atom stereocenters. The molecule has 0 saturated heterocycles. The van der Waals surface area contributed by atoms with Crippen LogP contribution >= 0.6 is 0 Å². The number of hydrogen-bond acceptors (Lipinski definition) is 4. The van der Waals surface area contributed by atoms with Gasteiger partial charge in [-0.05, 0) is 41.5 Å². The lowest BCUT2D eigenvalue weighted by atomic mass is 10.1. The molecule has 2 aromatic rings. The molecule has 2 amide bonds. The molecule has 2 aromatic carbocycles. The number of amides is 2. The van der Waals surface area contributed by atoms with E-state index in [4.69, 9.17) is 9.47 Å². The van der Waals surface area contributed by atoms with Gasteiger partial charge in [0.15, 0.2) is 11.5 Å². The molecular formula is C20H20N2O4. The van der Waals surface area contributed by atoms with Crippen LogP contribution in [0.25, 0.3) is 6.08 Å². The molecule has 0 saturated carbocycles. The zero-order valence-corrected chi connectivity index (χ0v) is 14.7. The minimum Gasteiger partial charge on any atom is -0.454 e. The zero-order valence-electron chi connectivity index (χ0n) is 14.7. The molecule has 0 aromatic heterocycles. The first-order valence-corrected chi connectivity index (χ1v) is 8.19. The van der Waals surface area contributed by atoms with Gasteiger partial charge in [-0.25, -0.2) is 0 Å². The van der Waals surface area contributed by atoms with Crippen molar-refractivity contribution in [3.63, 3.8) is 0 Å². The summed E-state index contributed by atoms with van der Waals surface area (Å²) in [6.45, 7) is 0.221. The van der Waals surface area contributed by atoms with Gasteiger partial charge in [0.1, 0.15) is 0 Å². The number of nitrogens with one attached hydrogen (secondary N) is 1. The first-order valence-electron chi connectivity index (χ1n) is 8.19. The molecule has 0 fully saturated rings. The summed E-state index contributed by atoms with van der Waals surface area (Å²) in [5.74, 6) is 1.18. The Hall–Kier alpha value is -3.28. The van der Waals surface area contributed by atoms with Crippen LogP contribution in [0.4, 0.5) is 5.69 Å². The molecule has 3 rings (SSSR count). The van der Waals surface area contributed by atoms with Crippen molar-refractivity contribution in [3.05, 3.63) is 59.7 Å². The average molecular weight is 352 g/mol. The minimum atomic E-state index is -0.236. The Morgan fingerprint density at radius 2 is 1.81 bits per heavy atom. The average Bonchev–Trinajstić information content (AvgIpc) is 3.09. The summed E-state index contributed by atoms with van der Waals surface area (Å²) in [5, 5.41) is 2.79. The number of carbonyl (C=O) groups excluding carboxylic acids is 2. The largest absolute Gasteiger partial charge is 0.454 e. The SMILES string of the molecule is CN(C)C(=O)Cc1ccc(NC(=O)/C=C/c2ccc3c(c2)OCO3)cc1. The Bertz CT molecular complexity index is 841. The first-order chi connectivity index (χ1) is 12.5. The van der Waals surface area contributed by atoms with Crippen LogP contribution in [0.3, 0.4) is 0 Å². The Labute approximate surface area is 152 Å². The van der Waals surface area contributed by atoms with Gasteiger partial charge < -0.3 is 19.7 Å². The molecule has 1 aliphatic heterocycles. The van der Waals surface area contributed by atoms with E-state index in [0.29, 0.717) is 23.6 Å². The molecule has 1 heterocycles. The second-order valence-electron chi connectivity index (χ2n) is 6.10. The molecule has 0 unspecified atom stereocenters. The zero-order chi connectivity index (χ0) is 18.5. The fourth-order valence-electron chi connectivity index (χ4n) is 2.41. The smallest absolute Gasteiger partial charge is 0.248 e. The maximum absolute atomic E-state index is 12.1. The second-order valence-corrected chi connectivity index (χ2v) is 6.10. The van der Waals surface area contributed by atoms with E-state index in [1.807, 2.05) is 30.3 Å². The van der Waals surface area contributed by atoms with Crippen molar-refractivity contribution in [1.82, 2.24) is 4.90 Å². The fourth-order valence-corrected chi connectivity index (χ4v) is 2.41. The molecule has 0 radical (unpaired) electrons. The van der Waals surface area contributed by atoms with Crippen LogP contribution in [-0.2, 0) is 16.0 Å². The quantitative estimate of drug-likeness (QED) is 0.840. The van der Waals surface area contributed by atoms with E-state index in [-0.39, 0.29) is 18.6 Å². The molecule has 6 heteroatoms. The molecule has 0 aliphatic carbocycles. The number of anilines is 1. The van der Waals surface area contributed by atoms with E-state index < -0.39 is 0 Å². The van der Waals surface area contributed by atoms with Gasteiger partial charge in [0, 0.05) is 25.9 Å². The van der Waals surface area contributed by atoms with Gasteiger partial charge in [-0.15, -0.1) is 0 Å². The van der Waals surface area contributed by atoms with Gasteiger partial charge >= 0.3 is 0 Å². The summed E-state index contributed by atoms with van der Waals surface area (Å²) >= 11 is 0. The van der Waals surface area contributed by atoms with E-state index in [0.717, 1.165) is 11.1 Å². The number of fused-ring (bicyclic) bond motifs is 1. The van der Waals surface area contributed by atoms with Gasteiger partial charge in [0.2, 0.25) is 18.6 Å². The van der Waals surface area contributed by atoms with E-state index >= 15 is 0 Å². The van der Waals surface area contributed by atoms with Gasteiger partial charge in [0.25, 0.3) is 0 Å². The fraction of sp³-hybridized carbons (Fsp3) is 0.200. The lowest BCUT2D eigenvalue weighted by Crippen LogP contribution is -2.23. The highest BCUT2D eigenvalue weighted by Gasteiger charge is 2.12. The van der Waals surface area contributed by atoms with Gasteiger partial charge in [-0.1, -0.05) is 18.2 Å². The van der Waals surface area contributed by atoms with Gasteiger partial charge in [-0.3, -0.25) is 9.59 Å². The number of ether oxygens (including phenoxy) is 2. The van der Waals surface area contributed by atoms with E-state index in [1.54, 1.807) is 37.2 Å². The third-order valence-electron chi connectivity index (χ3n) is 3.90. The van der Waals surface area contributed by atoms with Gasteiger partial charge in [0.05, 0.1) is 6.42 Å². The second kappa shape index (κ2) is 7.74. The minimum absolute atomic E-state index is 0.0356. The standard InChI is InChI=1S/C20H20N2O4/c1-22(2)20(24)12-15-3-7-16(8-4-15)21-19(23)10-6-14-5-9-17-18(11-14)26-13-25-17/h3-11H,12-13H2,1-2H3,(H,21,23)/b10-6+.